The molecule has 11 heteroatoms. The van der Waals surface area contributed by atoms with Gasteiger partial charge in [-0.15, -0.1) is 5.10 Å². The summed E-state index contributed by atoms with van der Waals surface area (Å²) in [7, 11) is 1.89. The van der Waals surface area contributed by atoms with E-state index in [2.05, 4.69) is 34.1 Å². The van der Waals surface area contributed by atoms with Crippen molar-refractivity contribution in [3.8, 4) is 22.9 Å². The Hall–Kier alpha value is -4.12. The maximum absolute atomic E-state index is 9.27. The molecular formula is C22H24N10O. The van der Waals surface area contributed by atoms with Crippen LogP contribution in [0.5, 0.6) is 0 Å². The first kappa shape index (κ1) is 20.8. The number of aromatic nitrogens is 9. The van der Waals surface area contributed by atoms with Gasteiger partial charge in [0.25, 0.3) is 0 Å². The second-order valence-corrected chi connectivity index (χ2v) is 8.08. The van der Waals surface area contributed by atoms with Crippen LogP contribution in [0.25, 0.3) is 28.4 Å². The van der Waals surface area contributed by atoms with Gasteiger partial charge in [0.15, 0.2) is 11.6 Å². The van der Waals surface area contributed by atoms with Crippen LogP contribution in [-0.4, -0.2) is 49.0 Å². The highest BCUT2D eigenvalue weighted by Crippen LogP contribution is 2.32. The van der Waals surface area contributed by atoms with Crippen LogP contribution in [0, 0.1) is 6.92 Å². The van der Waals surface area contributed by atoms with Gasteiger partial charge in [-0.25, -0.2) is 24.5 Å². The topological polar surface area (TPSA) is 124 Å². The van der Waals surface area contributed by atoms with Gasteiger partial charge in [-0.3, -0.25) is 4.68 Å². The fraction of sp³-hybridized carbons (Fsp3) is 0.273. The minimum absolute atomic E-state index is 0.120. The predicted molar refractivity (Wildman–Crippen MR) is 123 cm³/mol. The molecule has 2 N–H and O–H groups in total. The summed E-state index contributed by atoms with van der Waals surface area (Å²) in [6.07, 6.45) is 10.6. The Kier molecular flexibility index (Phi) is 5.09. The number of anilines is 2. The number of imidazole rings is 1. The van der Waals surface area contributed by atoms with Crippen molar-refractivity contribution in [2.24, 2.45) is 7.05 Å². The zero-order valence-corrected chi connectivity index (χ0v) is 18.8. The van der Waals surface area contributed by atoms with Gasteiger partial charge in [-0.2, -0.15) is 5.10 Å². The molecule has 0 aliphatic rings. The van der Waals surface area contributed by atoms with Crippen LogP contribution in [0.3, 0.4) is 0 Å². The first-order chi connectivity index (χ1) is 15.9. The summed E-state index contributed by atoms with van der Waals surface area (Å²) in [5.41, 5.74) is 4.21. The van der Waals surface area contributed by atoms with Crippen molar-refractivity contribution in [3.63, 3.8) is 0 Å². The molecule has 0 aromatic carbocycles. The Morgan fingerprint density at radius 1 is 1.09 bits per heavy atom. The standard InChI is InChI=1S/C22H24N10O/c1-13(2)31-7-5-17(28-31)16-11-32-18(14(16)3)19(27-22-24-9-15(12-33)10-25-22)26-20(29-32)21-23-6-8-30(21)4/h5-11,13,33H,12H2,1-4H3,(H,24,25,26,27,29). The van der Waals surface area contributed by atoms with Crippen molar-refractivity contribution in [2.75, 3.05) is 5.32 Å². The lowest BCUT2D eigenvalue weighted by atomic mass is 10.1. The molecule has 5 heterocycles. The van der Waals surface area contributed by atoms with Crippen molar-refractivity contribution < 1.29 is 5.11 Å². The monoisotopic (exact) mass is 444 g/mol. The molecule has 33 heavy (non-hydrogen) atoms. The Bertz CT molecular complexity index is 1430. The first-order valence-electron chi connectivity index (χ1n) is 10.6. The van der Waals surface area contributed by atoms with E-state index in [1.54, 1.807) is 23.1 Å². The Morgan fingerprint density at radius 3 is 2.52 bits per heavy atom. The van der Waals surface area contributed by atoms with Gasteiger partial charge in [0.2, 0.25) is 11.8 Å². The van der Waals surface area contributed by atoms with E-state index in [-0.39, 0.29) is 12.6 Å². The summed E-state index contributed by atoms with van der Waals surface area (Å²) in [6.45, 7) is 6.08. The average Bonchev–Trinajstić information content (AvgIpc) is 3.53. The van der Waals surface area contributed by atoms with E-state index in [4.69, 9.17) is 15.2 Å². The molecule has 0 radical (unpaired) electrons. The lowest BCUT2D eigenvalue weighted by Crippen LogP contribution is -2.07. The van der Waals surface area contributed by atoms with E-state index in [1.807, 2.05) is 47.9 Å². The van der Waals surface area contributed by atoms with E-state index in [9.17, 15) is 5.11 Å². The smallest absolute Gasteiger partial charge is 0.228 e. The van der Waals surface area contributed by atoms with Gasteiger partial charge in [0, 0.05) is 61.4 Å². The number of aryl methyl sites for hydroxylation is 2. The molecule has 0 fully saturated rings. The summed E-state index contributed by atoms with van der Waals surface area (Å²) < 4.78 is 5.58. The molecule has 0 bridgehead atoms. The highest BCUT2D eigenvalue weighted by Gasteiger charge is 2.20. The summed E-state index contributed by atoms with van der Waals surface area (Å²) in [6, 6.07) is 2.26. The second kappa shape index (κ2) is 8.10. The number of nitrogens with one attached hydrogen (secondary N) is 1. The van der Waals surface area contributed by atoms with E-state index in [0.29, 0.717) is 29.0 Å². The van der Waals surface area contributed by atoms with Crippen LogP contribution < -0.4 is 5.32 Å². The van der Waals surface area contributed by atoms with E-state index in [0.717, 1.165) is 22.3 Å². The van der Waals surface area contributed by atoms with Crippen molar-refractivity contribution >= 4 is 17.3 Å². The molecule has 0 amide bonds. The van der Waals surface area contributed by atoms with Crippen LogP contribution in [0.2, 0.25) is 0 Å². The number of hydrogen-bond acceptors (Lipinski definition) is 8. The van der Waals surface area contributed by atoms with Gasteiger partial charge in [-0.1, -0.05) is 0 Å². The number of fused-ring (bicyclic) bond motifs is 1. The van der Waals surface area contributed by atoms with Gasteiger partial charge < -0.3 is 15.0 Å². The number of nitrogens with zero attached hydrogens (tertiary/aromatic N) is 9. The van der Waals surface area contributed by atoms with Crippen LogP contribution in [0.15, 0.2) is 43.2 Å². The second-order valence-electron chi connectivity index (χ2n) is 8.08. The lowest BCUT2D eigenvalue weighted by molar-refractivity contribution is 0.281. The third-order valence-electron chi connectivity index (χ3n) is 5.44. The molecule has 0 unspecified atom stereocenters. The maximum Gasteiger partial charge on any atom is 0.228 e. The normalized spacial score (nSPS) is 11.6. The molecule has 5 rings (SSSR count). The summed E-state index contributed by atoms with van der Waals surface area (Å²) >= 11 is 0. The Balaban J connectivity index is 1.67. The fourth-order valence-electron chi connectivity index (χ4n) is 3.63. The Labute approximate surface area is 189 Å². The number of aliphatic hydroxyl groups excluding tert-OH is 1. The molecule has 5 aromatic rings. The fourth-order valence-corrected chi connectivity index (χ4v) is 3.63. The molecule has 0 aliphatic carbocycles. The van der Waals surface area contributed by atoms with Crippen molar-refractivity contribution in [1.82, 2.24) is 43.9 Å². The molecule has 0 saturated heterocycles. The van der Waals surface area contributed by atoms with Gasteiger partial charge in [0.1, 0.15) is 5.52 Å². The van der Waals surface area contributed by atoms with Crippen LogP contribution >= 0.6 is 0 Å². The first-order valence-corrected chi connectivity index (χ1v) is 10.6. The number of hydrogen-bond donors (Lipinski definition) is 2. The van der Waals surface area contributed by atoms with Gasteiger partial charge in [0.05, 0.1) is 12.3 Å². The molecule has 0 saturated carbocycles. The van der Waals surface area contributed by atoms with Gasteiger partial charge in [-0.05, 0) is 32.4 Å². The molecular weight excluding hydrogens is 420 g/mol. The molecule has 0 spiro atoms. The average molecular weight is 445 g/mol. The van der Waals surface area contributed by atoms with E-state index in [1.165, 1.54) is 0 Å². The highest BCUT2D eigenvalue weighted by molar-refractivity contribution is 5.83. The Morgan fingerprint density at radius 2 is 1.88 bits per heavy atom. The molecule has 0 atom stereocenters. The minimum atomic E-state index is -0.120. The van der Waals surface area contributed by atoms with E-state index >= 15 is 0 Å². The summed E-state index contributed by atoms with van der Waals surface area (Å²) in [5, 5.41) is 21.9. The third-order valence-corrected chi connectivity index (χ3v) is 5.44. The number of aliphatic hydroxyl groups is 1. The van der Waals surface area contributed by atoms with Crippen molar-refractivity contribution in [2.45, 2.75) is 33.4 Å². The molecule has 0 aliphatic heterocycles. The zero-order valence-electron chi connectivity index (χ0n) is 18.8. The van der Waals surface area contributed by atoms with Crippen LogP contribution in [0.4, 0.5) is 11.8 Å². The van der Waals surface area contributed by atoms with Crippen LogP contribution in [0.1, 0.15) is 31.0 Å². The van der Waals surface area contributed by atoms with Crippen molar-refractivity contribution in [1.29, 1.82) is 0 Å². The highest BCUT2D eigenvalue weighted by atomic mass is 16.3. The summed E-state index contributed by atoms with van der Waals surface area (Å²) in [5.74, 6) is 2.00. The maximum atomic E-state index is 9.27. The number of rotatable bonds is 6. The third kappa shape index (κ3) is 3.72. The summed E-state index contributed by atoms with van der Waals surface area (Å²) in [4.78, 5) is 17.7. The molecule has 168 valence electrons. The predicted octanol–water partition coefficient (Wildman–Crippen LogP) is 2.91. The quantitative estimate of drug-likeness (QED) is 0.410. The molecule has 5 aromatic heterocycles. The lowest BCUT2D eigenvalue weighted by Gasteiger charge is -2.09. The zero-order chi connectivity index (χ0) is 23.1. The largest absolute Gasteiger partial charge is 0.392 e. The van der Waals surface area contributed by atoms with Crippen LogP contribution in [-0.2, 0) is 13.7 Å². The van der Waals surface area contributed by atoms with Gasteiger partial charge >= 0.3 is 0 Å². The minimum Gasteiger partial charge on any atom is -0.392 e. The molecule has 11 nitrogen and oxygen atoms in total. The van der Waals surface area contributed by atoms with E-state index < -0.39 is 0 Å². The van der Waals surface area contributed by atoms with Crippen molar-refractivity contribution in [3.05, 3.63) is 54.4 Å². The SMILES string of the molecule is Cc1c(-c2ccn(C(C)C)n2)cn2nc(-c3nccn3C)nc(Nc3ncc(CO)cn3)c12.